The van der Waals surface area contributed by atoms with E-state index >= 15 is 0 Å². The molecule has 4 heteroatoms. The molecule has 2 rings (SSSR count). The standard InChI is InChI=1S/C19H30N2O2/c1-3-5-7-18(20-12-22)16-10-14-9-15(16)17(11-14)19(21-13-23)8-6-4-2/h14-19H,3-11H2,1-2H3. The van der Waals surface area contributed by atoms with Crippen molar-refractivity contribution in [1.82, 2.24) is 0 Å². The summed E-state index contributed by atoms with van der Waals surface area (Å²) in [7, 11) is 0. The van der Waals surface area contributed by atoms with Gasteiger partial charge >= 0.3 is 0 Å². The number of aliphatic imine (C=N–C) groups is 2. The van der Waals surface area contributed by atoms with Crippen molar-refractivity contribution in [3.8, 4) is 0 Å². The van der Waals surface area contributed by atoms with E-state index in [4.69, 9.17) is 0 Å². The van der Waals surface area contributed by atoms with Gasteiger partial charge in [-0.3, -0.25) is 0 Å². The molecule has 0 radical (unpaired) electrons. The van der Waals surface area contributed by atoms with Crippen LogP contribution in [0.25, 0.3) is 0 Å². The summed E-state index contributed by atoms with van der Waals surface area (Å²) in [6.07, 6.45) is 13.7. The minimum Gasteiger partial charge on any atom is -0.211 e. The quantitative estimate of drug-likeness (QED) is 0.441. The van der Waals surface area contributed by atoms with E-state index in [0.717, 1.165) is 44.4 Å². The minimum atomic E-state index is 0.122. The molecule has 0 aromatic rings. The number of hydrogen-bond donors (Lipinski definition) is 0. The fourth-order valence-corrected chi connectivity index (χ4v) is 5.06. The molecule has 2 bridgehead atoms. The average Bonchev–Trinajstić information content (AvgIpc) is 3.15. The van der Waals surface area contributed by atoms with Crippen LogP contribution in [0.5, 0.6) is 0 Å². The maximum atomic E-state index is 10.8. The van der Waals surface area contributed by atoms with E-state index < -0.39 is 0 Å². The summed E-state index contributed by atoms with van der Waals surface area (Å²) < 4.78 is 0. The van der Waals surface area contributed by atoms with Crippen LogP contribution < -0.4 is 0 Å². The number of isocyanates is 2. The number of fused-ring (bicyclic) bond motifs is 2. The molecule has 4 atom stereocenters. The van der Waals surface area contributed by atoms with Crippen LogP contribution in [0.2, 0.25) is 0 Å². The lowest BCUT2D eigenvalue weighted by atomic mass is 9.72. The molecule has 0 aromatic heterocycles. The lowest BCUT2D eigenvalue weighted by Gasteiger charge is -2.35. The highest BCUT2D eigenvalue weighted by atomic mass is 16.1. The first-order valence-corrected chi connectivity index (χ1v) is 9.39. The van der Waals surface area contributed by atoms with Gasteiger partial charge < -0.3 is 0 Å². The zero-order valence-electron chi connectivity index (χ0n) is 14.5. The fourth-order valence-electron chi connectivity index (χ4n) is 5.06. The minimum absolute atomic E-state index is 0.122. The predicted molar refractivity (Wildman–Crippen MR) is 90.7 cm³/mol. The molecule has 2 fully saturated rings. The van der Waals surface area contributed by atoms with Crippen LogP contribution in [0.15, 0.2) is 9.98 Å². The van der Waals surface area contributed by atoms with E-state index in [1.165, 1.54) is 19.3 Å². The second kappa shape index (κ2) is 9.15. The molecule has 2 aliphatic rings. The summed E-state index contributed by atoms with van der Waals surface area (Å²) in [6.45, 7) is 4.34. The van der Waals surface area contributed by atoms with Gasteiger partial charge in [0.15, 0.2) is 0 Å². The zero-order chi connectivity index (χ0) is 16.7. The summed E-state index contributed by atoms with van der Waals surface area (Å²) in [5.74, 6) is 2.26. The van der Waals surface area contributed by atoms with E-state index in [0.29, 0.717) is 17.8 Å². The van der Waals surface area contributed by atoms with E-state index in [9.17, 15) is 9.59 Å². The van der Waals surface area contributed by atoms with Gasteiger partial charge in [0, 0.05) is 0 Å². The molecule has 0 heterocycles. The third-order valence-electron chi connectivity index (χ3n) is 6.05. The average molecular weight is 318 g/mol. The van der Waals surface area contributed by atoms with Crippen molar-refractivity contribution < 1.29 is 9.59 Å². The van der Waals surface area contributed by atoms with Crippen molar-refractivity contribution in [1.29, 1.82) is 0 Å². The molecule has 128 valence electrons. The third kappa shape index (κ3) is 4.40. The van der Waals surface area contributed by atoms with Crippen molar-refractivity contribution in [2.24, 2.45) is 33.7 Å². The monoisotopic (exact) mass is 318 g/mol. The maximum Gasteiger partial charge on any atom is 0.235 e. The van der Waals surface area contributed by atoms with Crippen LogP contribution in [0.4, 0.5) is 0 Å². The number of hydrogen-bond acceptors (Lipinski definition) is 4. The predicted octanol–water partition coefficient (Wildman–Crippen LogP) is 4.44. The topological polar surface area (TPSA) is 58.9 Å². The van der Waals surface area contributed by atoms with E-state index in [2.05, 4.69) is 23.8 Å². The highest BCUT2D eigenvalue weighted by molar-refractivity contribution is 5.34. The Kier molecular flexibility index (Phi) is 7.20. The number of unbranched alkanes of at least 4 members (excludes halogenated alkanes) is 2. The van der Waals surface area contributed by atoms with E-state index in [1.54, 1.807) is 12.2 Å². The van der Waals surface area contributed by atoms with Crippen LogP contribution in [-0.2, 0) is 9.59 Å². The molecule has 0 spiro atoms. The molecule has 0 aliphatic heterocycles. The molecule has 2 aliphatic carbocycles. The molecule has 2 saturated carbocycles. The first-order valence-electron chi connectivity index (χ1n) is 9.39. The summed E-state index contributed by atoms with van der Waals surface area (Å²) in [5, 5.41) is 0. The van der Waals surface area contributed by atoms with Crippen LogP contribution >= 0.6 is 0 Å². The van der Waals surface area contributed by atoms with Crippen LogP contribution in [0.3, 0.4) is 0 Å². The van der Waals surface area contributed by atoms with Crippen molar-refractivity contribution >= 4 is 12.2 Å². The van der Waals surface area contributed by atoms with Gasteiger partial charge in [-0.2, -0.15) is 0 Å². The molecule has 0 amide bonds. The highest BCUT2D eigenvalue weighted by Gasteiger charge is 2.50. The Labute approximate surface area is 139 Å². The normalized spacial score (nSPS) is 31.2. The zero-order valence-corrected chi connectivity index (χ0v) is 14.5. The Morgan fingerprint density at radius 2 is 1.35 bits per heavy atom. The first-order chi connectivity index (χ1) is 11.2. The molecule has 4 unspecified atom stereocenters. The van der Waals surface area contributed by atoms with E-state index in [-0.39, 0.29) is 12.1 Å². The lowest BCUT2D eigenvalue weighted by molar-refractivity contribution is 0.173. The van der Waals surface area contributed by atoms with Gasteiger partial charge in [-0.05, 0) is 55.8 Å². The summed E-state index contributed by atoms with van der Waals surface area (Å²) in [4.78, 5) is 30.0. The van der Waals surface area contributed by atoms with Crippen molar-refractivity contribution in [3.05, 3.63) is 0 Å². The molecule has 0 aromatic carbocycles. The highest BCUT2D eigenvalue weighted by Crippen LogP contribution is 2.55. The second-order valence-corrected chi connectivity index (χ2v) is 7.42. The second-order valence-electron chi connectivity index (χ2n) is 7.42. The number of rotatable bonds is 10. The van der Waals surface area contributed by atoms with Gasteiger partial charge in [0.1, 0.15) is 0 Å². The smallest absolute Gasteiger partial charge is 0.211 e. The Morgan fingerprint density at radius 1 is 0.870 bits per heavy atom. The summed E-state index contributed by atoms with van der Waals surface area (Å²) >= 11 is 0. The molecular formula is C19H30N2O2. The molecule has 4 nitrogen and oxygen atoms in total. The van der Waals surface area contributed by atoms with Gasteiger partial charge in [-0.25, -0.2) is 19.6 Å². The van der Waals surface area contributed by atoms with Crippen molar-refractivity contribution in [3.63, 3.8) is 0 Å². The van der Waals surface area contributed by atoms with Crippen molar-refractivity contribution in [2.75, 3.05) is 0 Å². The van der Waals surface area contributed by atoms with Crippen molar-refractivity contribution in [2.45, 2.75) is 83.7 Å². The van der Waals surface area contributed by atoms with Crippen LogP contribution in [0.1, 0.15) is 71.6 Å². The van der Waals surface area contributed by atoms with E-state index in [1.807, 2.05) is 0 Å². The fraction of sp³-hybridized carbons (Fsp3) is 0.895. The van der Waals surface area contributed by atoms with Gasteiger partial charge in [-0.15, -0.1) is 0 Å². The molecular weight excluding hydrogens is 288 g/mol. The number of nitrogens with zero attached hydrogens (tertiary/aromatic N) is 2. The lowest BCUT2D eigenvalue weighted by Crippen LogP contribution is -2.34. The summed E-state index contributed by atoms with van der Waals surface area (Å²) in [6, 6.07) is 0.245. The van der Waals surface area contributed by atoms with Gasteiger partial charge in [-0.1, -0.05) is 39.5 Å². The number of carbonyl (C=O) groups excluding carboxylic acids is 2. The molecule has 0 N–H and O–H groups in total. The third-order valence-corrected chi connectivity index (χ3v) is 6.05. The van der Waals surface area contributed by atoms with Crippen LogP contribution in [0, 0.1) is 23.7 Å². The Hall–Kier alpha value is -1.24. The molecule has 23 heavy (non-hydrogen) atoms. The van der Waals surface area contributed by atoms with Gasteiger partial charge in [0.2, 0.25) is 12.2 Å². The first kappa shape index (κ1) is 18.1. The molecule has 0 saturated heterocycles. The Balaban J connectivity index is 2.09. The van der Waals surface area contributed by atoms with Crippen LogP contribution in [-0.4, -0.2) is 24.2 Å². The summed E-state index contributed by atoms with van der Waals surface area (Å²) in [5.41, 5.74) is 0. The van der Waals surface area contributed by atoms with Gasteiger partial charge in [0.05, 0.1) is 12.1 Å². The SMILES string of the molecule is CCCCC(N=C=O)C1CC2CC(C(CCCC)N=C=O)C1C2. The largest absolute Gasteiger partial charge is 0.235 e. The maximum absolute atomic E-state index is 10.8. The Morgan fingerprint density at radius 3 is 1.70 bits per heavy atom. The van der Waals surface area contributed by atoms with Gasteiger partial charge in [0.25, 0.3) is 0 Å². The Bertz CT molecular complexity index is 426.